The number of rotatable bonds is 3. The highest BCUT2D eigenvalue weighted by Gasteiger charge is 2.37. The van der Waals surface area contributed by atoms with E-state index in [2.05, 4.69) is 15.3 Å². The maximum absolute atomic E-state index is 12.3. The average molecular weight is 306 g/mol. The number of hydrogen-bond donors (Lipinski definition) is 2. The van der Waals surface area contributed by atoms with Crippen molar-refractivity contribution in [1.82, 2.24) is 19.9 Å². The van der Waals surface area contributed by atoms with Crippen molar-refractivity contribution in [3.63, 3.8) is 0 Å². The van der Waals surface area contributed by atoms with Gasteiger partial charge in [-0.1, -0.05) is 0 Å². The number of thiazole rings is 1. The summed E-state index contributed by atoms with van der Waals surface area (Å²) in [5.41, 5.74) is 0.744. The van der Waals surface area contributed by atoms with Crippen LogP contribution in [-0.2, 0) is 0 Å². The Labute approximate surface area is 126 Å². The molecule has 1 saturated carbocycles. The van der Waals surface area contributed by atoms with E-state index in [1.54, 1.807) is 12.5 Å². The molecule has 1 amide bonds. The summed E-state index contributed by atoms with van der Waals surface area (Å²) in [5.74, 6) is -0.145. The molecule has 0 radical (unpaired) electrons. The highest BCUT2D eigenvalue weighted by molar-refractivity contribution is 7.13. The normalized spacial score (nSPS) is 25.2. The number of carbonyl (C=O) groups excluding carboxylic acids is 1. The average Bonchev–Trinajstić information content (AvgIpc) is 3.12. The van der Waals surface area contributed by atoms with Gasteiger partial charge in [-0.3, -0.25) is 4.79 Å². The molecule has 1 aliphatic carbocycles. The predicted octanol–water partition coefficient (Wildman–Crippen LogP) is 1.45. The van der Waals surface area contributed by atoms with Gasteiger partial charge >= 0.3 is 0 Å². The van der Waals surface area contributed by atoms with Crippen LogP contribution < -0.4 is 5.32 Å². The molecule has 7 heteroatoms. The molecule has 3 rings (SSSR count). The van der Waals surface area contributed by atoms with E-state index in [4.69, 9.17) is 0 Å². The van der Waals surface area contributed by atoms with Crippen LogP contribution in [0.25, 0.3) is 0 Å². The molecule has 6 nitrogen and oxygen atoms in total. The number of amides is 1. The second kappa shape index (κ2) is 5.57. The van der Waals surface area contributed by atoms with Crippen LogP contribution in [0, 0.1) is 13.8 Å². The molecular weight excluding hydrogens is 288 g/mol. The molecular formula is C14H18N4O2S. The van der Waals surface area contributed by atoms with Crippen molar-refractivity contribution in [2.24, 2.45) is 0 Å². The molecule has 21 heavy (non-hydrogen) atoms. The molecule has 0 aliphatic heterocycles. The molecule has 0 aromatic carbocycles. The quantitative estimate of drug-likeness (QED) is 0.899. The fraction of sp³-hybridized carbons (Fsp3) is 0.500. The Balaban J connectivity index is 1.69. The van der Waals surface area contributed by atoms with Gasteiger partial charge in [-0.2, -0.15) is 0 Å². The lowest BCUT2D eigenvalue weighted by Gasteiger charge is -2.21. The summed E-state index contributed by atoms with van der Waals surface area (Å²) in [4.78, 5) is 21.2. The number of aryl methyl sites for hydroxylation is 2. The van der Waals surface area contributed by atoms with Crippen molar-refractivity contribution in [3.8, 4) is 0 Å². The Morgan fingerprint density at radius 1 is 1.48 bits per heavy atom. The number of carbonyl (C=O) groups is 1. The van der Waals surface area contributed by atoms with Gasteiger partial charge in [-0.25, -0.2) is 9.97 Å². The zero-order chi connectivity index (χ0) is 15.0. The van der Waals surface area contributed by atoms with Crippen LogP contribution in [0.2, 0.25) is 0 Å². The van der Waals surface area contributed by atoms with Gasteiger partial charge in [-0.15, -0.1) is 11.3 Å². The van der Waals surface area contributed by atoms with E-state index in [1.165, 1.54) is 11.3 Å². The van der Waals surface area contributed by atoms with Crippen LogP contribution in [0.3, 0.4) is 0 Å². The lowest BCUT2D eigenvalue weighted by Crippen LogP contribution is -2.42. The van der Waals surface area contributed by atoms with Crippen molar-refractivity contribution < 1.29 is 9.90 Å². The van der Waals surface area contributed by atoms with Gasteiger partial charge < -0.3 is 15.0 Å². The first-order valence-electron chi connectivity index (χ1n) is 6.96. The van der Waals surface area contributed by atoms with Gasteiger partial charge in [0.1, 0.15) is 4.88 Å². The molecule has 0 unspecified atom stereocenters. The summed E-state index contributed by atoms with van der Waals surface area (Å²) >= 11 is 1.39. The highest BCUT2D eigenvalue weighted by Crippen LogP contribution is 2.30. The highest BCUT2D eigenvalue weighted by atomic mass is 32.1. The lowest BCUT2D eigenvalue weighted by atomic mass is 10.1. The predicted molar refractivity (Wildman–Crippen MR) is 79.3 cm³/mol. The van der Waals surface area contributed by atoms with Crippen molar-refractivity contribution in [1.29, 1.82) is 0 Å². The summed E-state index contributed by atoms with van der Waals surface area (Å²) in [7, 11) is 0. The molecule has 1 fully saturated rings. The van der Waals surface area contributed by atoms with E-state index in [1.807, 2.05) is 24.6 Å². The van der Waals surface area contributed by atoms with Crippen molar-refractivity contribution in [2.45, 2.75) is 44.9 Å². The molecule has 0 saturated heterocycles. The van der Waals surface area contributed by atoms with Crippen LogP contribution in [0.1, 0.15) is 39.3 Å². The fourth-order valence-electron chi connectivity index (χ4n) is 2.88. The van der Waals surface area contributed by atoms with Gasteiger partial charge in [0.15, 0.2) is 0 Å². The fourth-order valence-corrected chi connectivity index (χ4v) is 3.71. The first-order chi connectivity index (χ1) is 10.1. The van der Waals surface area contributed by atoms with E-state index in [0.29, 0.717) is 4.88 Å². The van der Waals surface area contributed by atoms with Gasteiger partial charge in [0.2, 0.25) is 0 Å². The number of aromatic nitrogens is 3. The molecule has 0 bridgehead atoms. The Bertz CT molecular complexity index is 637. The van der Waals surface area contributed by atoms with Gasteiger partial charge in [0, 0.05) is 12.4 Å². The maximum Gasteiger partial charge on any atom is 0.263 e. The van der Waals surface area contributed by atoms with E-state index in [-0.39, 0.29) is 18.0 Å². The van der Waals surface area contributed by atoms with Gasteiger partial charge in [-0.05, 0) is 26.7 Å². The Hall–Kier alpha value is -1.73. The standard InChI is InChI=1S/C14H18N4O2S/c1-8-13(21-9(2)16-8)14(20)17-10-3-4-11(12(10)19)18-6-5-15-7-18/h5-7,10-12,19H,3-4H2,1-2H3,(H,17,20)/t10-,11-,12-/m1/s1. The smallest absolute Gasteiger partial charge is 0.263 e. The summed E-state index contributed by atoms with van der Waals surface area (Å²) in [6.07, 6.45) is 6.22. The number of aliphatic hydroxyl groups excluding tert-OH is 1. The minimum atomic E-state index is -0.600. The topological polar surface area (TPSA) is 80.0 Å². The Morgan fingerprint density at radius 3 is 2.90 bits per heavy atom. The monoisotopic (exact) mass is 306 g/mol. The molecule has 2 aromatic rings. The first kappa shape index (κ1) is 14.2. The minimum absolute atomic E-state index is 0.0258. The van der Waals surface area contributed by atoms with Crippen LogP contribution >= 0.6 is 11.3 Å². The molecule has 1 aliphatic rings. The number of nitrogens with zero attached hydrogens (tertiary/aromatic N) is 3. The SMILES string of the molecule is Cc1nc(C)c(C(=O)N[C@@H]2CC[C@@H](n3ccnc3)[C@@H]2O)s1. The van der Waals surface area contributed by atoms with Crippen molar-refractivity contribution >= 4 is 17.2 Å². The van der Waals surface area contributed by atoms with Crippen LogP contribution in [0.15, 0.2) is 18.7 Å². The number of imidazole rings is 1. The van der Waals surface area contributed by atoms with Crippen molar-refractivity contribution in [2.75, 3.05) is 0 Å². The summed E-state index contributed by atoms with van der Waals surface area (Å²) in [5, 5.41) is 14.2. The zero-order valence-electron chi connectivity index (χ0n) is 12.0. The van der Waals surface area contributed by atoms with Crippen LogP contribution in [-0.4, -0.2) is 37.7 Å². The van der Waals surface area contributed by atoms with E-state index >= 15 is 0 Å². The molecule has 2 N–H and O–H groups in total. The minimum Gasteiger partial charge on any atom is -0.389 e. The summed E-state index contributed by atoms with van der Waals surface area (Å²) in [6.45, 7) is 3.71. The van der Waals surface area contributed by atoms with Gasteiger partial charge in [0.25, 0.3) is 5.91 Å². The van der Waals surface area contributed by atoms with E-state index in [0.717, 1.165) is 23.5 Å². The molecule has 3 atom stereocenters. The molecule has 0 spiro atoms. The number of hydrogen-bond acceptors (Lipinski definition) is 5. The third-order valence-corrected chi connectivity index (χ3v) is 4.99. The lowest BCUT2D eigenvalue weighted by molar-refractivity contribution is 0.0816. The van der Waals surface area contributed by atoms with Crippen molar-refractivity contribution in [3.05, 3.63) is 34.3 Å². The van der Waals surface area contributed by atoms with E-state index in [9.17, 15) is 9.90 Å². The maximum atomic E-state index is 12.3. The molecule has 2 heterocycles. The first-order valence-corrected chi connectivity index (χ1v) is 7.78. The number of nitrogens with one attached hydrogen (secondary N) is 1. The van der Waals surface area contributed by atoms with Crippen LogP contribution in [0.4, 0.5) is 0 Å². The molecule has 112 valence electrons. The summed E-state index contributed by atoms with van der Waals surface area (Å²) in [6, 6.07) is -0.256. The largest absolute Gasteiger partial charge is 0.389 e. The second-order valence-corrected chi connectivity index (χ2v) is 6.58. The Kier molecular flexibility index (Phi) is 3.77. The summed E-state index contributed by atoms with van der Waals surface area (Å²) < 4.78 is 1.90. The Morgan fingerprint density at radius 2 is 2.29 bits per heavy atom. The third kappa shape index (κ3) is 2.71. The van der Waals surface area contributed by atoms with Gasteiger partial charge in [0.05, 0.1) is 35.2 Å². The van der Waals surface area contributed by atoms with E-state index < -0.39 is 6.10 Å². The second-order valence-electron chi connectivity index (χ2n) is 5.37. The van der Waals surface area contributed by atoms with Crippen LogP contribution in [0.5, 0.6) is 0 Å². The zero-order valence-corrected chi connectivity index (χ0v) is 12.8. The molecule has 2 aromatic heterocycles. The number of aliphatic hydroxyl groups is 1. The third-order valence-electron chi connectivity index (χ3n) is 3.91.